The van der Waals surface area contributed by atoms with Crippen LogP contribution in [0.5, 0.6) is 0 Å². The van der Waals surface area contributed by atoms with Crippen LogP contribution in [0.2, 0.25) is 5.02 Å². The fourth-order valence-corrected chi connectivity index (χ4v) is 1.90. The van der Waals surface area contributed by atoms with Crippen molar-refractivity contribution >= 4 is 28.2 Å². The molecule has 1 heterocycles. The minimum atomic E-state index is 0.672. The molecule has 3 N–H and O–H groups in total. The highest BCUT2D eigenvalue weighted by atomic mass is 35.5. The van der Waals surface area contributed by atoms with Crippen LogP contribution in [0.3, 0.4) is 0 Å². The second-order valence-electron chi connectivity index (χ2n) is 3.57. The number of halogens is 1. The minimum absolute atomic E-state index is 0.672. The van der Waals surface area contributed by atoms with E-state index in [0.29, 0.717) is 6.54 Å². The Labute approximate surface area is 99.6 Å². The lowest BCUT2D eigenvalue weighted by Gasteiger charge is -2.09. The molecule has 4 heteroatoms. The number of nitrogens with one attached hydrogen (secondary N) is 1. The van der Waals surface area contributed by atoms with Gasteiger partial charge in [-0.15, -0.1) is 0 Å². The van der Waals surface area contributed by atoms with E-state index in [9.17, 15) is 0 Å². The monoisotopic (exact) mass is 235 g/mol. The number of rotatable bonds is 4. The third-order valence-corrected chi connectivity index (χ3v) is 2.73. The maximum absolute atomic E-state index is 6.17. The van der Waals surface area contributed by atoms with Gasteiger partial charge in [0.05, 0.1) is 5.02 Å². The number of anilines is 1. The standard InChI is InChI=1S/C12H14ClN3/c13-10-4-1-3-9-5-8-16-12(11(9)10)15-7-2-6-14/h1,3-5,8H,2,6-7,14H2,(H,15,16). The Kier molecular flexibility index (Phi) is 3.59. The van der Waals surface area contributed by atoms with Crippen molar-refractivity contribution in [3.05, 3.63) is 35.5 Å². The smallest absolute Gasteiger partial charge is 0.135 e. The van der Waals surface area contributed by atoms with Crippen LogP contribution in [-0.2, 0) is 0 Å². The van der Waals surface area contributed by atoms with Gasteiger partial charge in [-0.2, -0.15) is 0 Å². The van der Waals surface area contributed by atoms with E-state index in [0.717, 1.165) is 34.6 Å². The van der Waals surface area contributed by atoms with Gasteiger partial charge < -0.3 is 11.1 Å². The average Bonchev–Trinajstić information content (AvgIpc) is 2.30. The van der Waals surface area contributed by atoms with Crippen molar-refractivity contribution < 1.29 is 0 Å². The lowest BCUT2D eigenvalue weighted by atomic mass is 10.1. The largest absolute Gasteiger partial charge is 0.369 e. The van der Waals surface area contributed by atoms with Crippen molar-refractivity contribution in [2.75, 3.05) is 18.4 Å². The van der Waals surface area contributed by atoms with Crippen LogP contribution in [0.1, 0.15) is 6.42 Å². The molecule has 0 unspecified atom stereocenters. The zero-order valence-corrected chi connectivity index (χ0v) is 9.67. The highest BCUT2D eigenvalue weighted by Crippen LogP contribution is 2.28. The van der Waals surface area contributed by atoms with E-state index in [1.165, 1.54) is 0 Å². The van der Waals surface area contributed by atoms with Crippen LogP contribution in [0.4, 0.5) is 5.82 Å². The Morgan fingerprint density at radius 2 is 2.19 bits per heavy atom. The number of hydrogen-bond acceptors (Lipinski definition) is 3. The van der Waals surface area contributed by atoms with Crippen molar-refractivity contribution in [3.63, 3.8) is 0 Å². The second-order valence-corrected chi connectivity index (χ2v) is 3.97. The van der Waals surface area contributed by atoms with Crippen molar-refractivity contribution in [1.29, 1.82) is 0 Å². The number of aromatic nitrogens is 1. The highest BCUT2D eigenvalue weighted by Gasteiger charge is 2.04. The van der Waals surface area contributed by atoms with Crippen LogP contribution in [0.25, 0.3) is 10.8 Å². The number of benzene rings is 1. The van der Waals surface area contributed by atoms with E-state index in [1.54, 1.807) is 6.20 Å². The Morgan fingerprint density at radius 3 is 3.00 bits per heavy atom. The Balaban J connectivity index is 2.37. The molecule has 84 valence electrons. The summed E-state index contributed by atoms with van der Waals surface area (Å²) >= 11 is 6.17. The van der Waals surface area contributed by atoms with Gasteiger partial charge in [0.2, 0.25) is 0 Å². The van der Waals surface area contributed by atoms with Crippen molar-refractivity contribution in [3.8, 4) is 0 Å². The Bertz CT molecular complexity index is 479. The van der Waals surface area contributed by atoms with Gasteiger partial charge in [-0.05, 0) is 30.5 Å². The molecule has 1 aromatic carbocycles. The molecule has 0 bridgehead atoms. The van der Waals surface area contributed by atoms with Gasteiger partial charge in [-0.25, -0.2) is 4.98 Å². The lowest BCUT2D eigenvalue weighted by Crippen LogP contribution is -2.09. The summed E-state index contributed by atoms with van der Waals surface area (Å²) in [5.41, 5.74) is 5.45. The predicted molar refractivity (Wildman–Crippen MR) is 68.9 cm³/mol. The van der Waals surface area contributed by atoms with Gasteiger partial charge in [0, 0.05) is 18.1 Å². The molecule has 0 saturated heterocycles. The first-order valence-electron chi connectivity index (χ1n) is 5.30. The molecule has 0 atom stereocenters. The summed E-state index contributed by atoms with van der Waals surface area (Å²) in [6.07, 6.45) is 2.70. The van der Waals surface area contributed by atoms with Crippen LogP contribution in [0.15, 0.2) is 30.5 Å². The molecule has 0 aliphatic carbocycles. The number of hydrogen-bond donors (Lipinski definition) is 2. The molecule has 3 nitrogen and oxygen atoms in total. The Hall–Kier alpha value is -1.32. The summed E-state index contributed by atoms with van der Waals surface area (Å²) in [5.74, 6) is 0.830. The summed E-state index contributed by atoms with van der Waals surface area (Å²) < 4.78 is 0. The first kappa shape index (κ1) is 11.2. The molecule has 16 heavy (non-hydrogen) atoms. The number of nitrogens with two attached hydrogens (primary N) is 1. The molecule has 0 radical (unpaired) electrons. The van der Waals surface area contributed by atoms with Crippen molar-refractivity contribution in [1.82, 2.24) is 4.98 Å². The fourth-order valence-electron chi connectivity index (χ4n) is 1.63. The van der Waals surface area contributed by atoms with E-state index in [1.807, 2.05) is 24.3 Å². The third-order valence-electron chi connectivity index (χ3n) is 2.41. The van der Waals surface area contributed by atoms with Crippen LogP contribution in [-0.4, -0.2) is 18.1 Å². The molecular weight excluding hydrogens is 222 g/mol. The van der Waals surface area contributed by atoms with E-state index < -0.39 is 0 Å². The summed E-state index contributed by atoms with van der Waals surface area (Å²) in [7, 11) is 0. The minimum Gasteiger partial charge on any atom is -0.369 e. The van der Waals surface area contributed by atoms with Gasteiger partial charge in [0.1, 0.15) is 5.82 Å². The van der Waals surface area contributed by atoms with Gasteiger partial charge in [-0.3, -0.25) is 0 Å². The SMILES string of the molecule is NCCCNc1nccc2cccc(Cl)c12. The van der Waals surface area contributed by atoms with E-state index in [-0.39, 0.29) is 0 Å². The summed E-state index contributed by atoms with van der Waals surface area (Å²) in [5, 5.41) is 6.05. The molecule has 2 rings (SSSR count). The highest BCUT2D eigenvalue weighted by molar-refractivity contribution is 6.36. The zero-order chi connectivity index (χ0) is 11.4. The van der Waals surface area contributed by atoms with Crippen molar-refractivity contribution in [2.45, 2.75) is 6.42 Å². The van der Waals surface area contributed by atoms with E-state index in [2.05, 4.69) is 10.3 Å². The van der Waals surface area contributed by atoms with Gasteiger partial charge in [0.25, 0.3) is 0 Å². The predicted octanol–water partition coefficient (Wildman–Crippen LogP) is 2.65. The molecule has 0 spiro atoms. The zero-order valence-electron chi connectivity index (χ0n) is 8.91. The van der Waals surface area contributed by atoms with Crippen LogP contribution >= 0.6 is 11.6 Å². The van der Waals surface area contributed by atoms with Gasteiger partial charge >= 0.3 is 0 Å². The second kappa shape index (κ2) is 5.14. The summed E-state index contributed by atoms with van der Waals surface area (Å²) in [6, 6.07) is 7.79. The van der Waals surface area contributed by atoms with Crippen LogP contribution in [0, 0.1) is 0 Å². The van der Waals surface area contributed by atoms with E-state index >= 15 is 0 Å². The summed E-state index contributed by atoms with van der Waals surface area (Å²) in [6.45, 7) is 1.49. The maximum atomic E-state index is 6.17. The number of nitrogens with zero attached hydrogens (tertiary/aromatic N) is 1. The first-order chi connectivity index (χ1) is 7.83. The summed E-state index contributed by atoms with van der Waals surface area (Å²) in [4.78, 5) is 4.30. The van der Waals surface area contributed by atoms with E-state index in [4.69, 9.17) is 17.3 Å². The Morgan fingerprint density at radius 1 is 1.31 bits per heavy atom. The van der Waals surface area contributed by atoms with Gasteiger partial charge in [-0.1, -0.05) is 23.7 Å². The molecule has 1 aromatic heterocycles. The van der Waals surface area contributed by atoms with Crippen molar-refractivity contribution in [2.24, 2.45) is 5.73 Å². The lowest BCUT2D eigenvalue weighted by molar-refractivity contribution is 0.871. The quantitative estimate of drug-likeness (QED) is 0.801. The molecule has 0 fully saturated rings. The molecule has 0 aliphatic heterocycles. The molecule has 0 aliphatic rings. The molecule has 0 saturated carbocycles. The van der Waals surface area contributed by atoms with Crippen LogP contribution < -0.4 is 11.1 Å². The molecule has 0 amide bonds. The molecular formula is C12H14ClN3. The first-order valence-corrected chi connectivity index (χ1v) is 5.68. The number of pyridine rings is 1. The fraction of sp³-hybridized carbons (Fsp3) is 0.250. The average molecular weight is 236 g/mol. The van der Waals surface area contributed by atoms with Gasteiger partial charge in [0.15, 0.2) is 0 Å². The maximum Gasteiger partial charge on any atom is 0.135 e. The number of fused-ring (bicyclic) bond motifs is 1. The molecule has 2 aromatic rings. The topological polar surface area (TPSA) is 50.9 Å². The normalized spacial score (nSPS) is 10.6. The third kappa shape index (κ3) is 2.26.